The highest BCUT2D eigenvalue weighted by atomic mass is 32.1. The number of hydrogen-bond acceptors (Lipinski definition) is 4. The first-order chi connectivity index (χ1) is 6.42. The van der Waals surface area contributed by atoms with E-state index in [0.29, 0.717) is 11.6 Å². The summed E-state index contributed by atoms with van der Waals surface area (Å²) in [4.78, 5) is 11.7. The summed E-state index contributed by atoms with van der Waals surface area (Å²) in [6.07, 6.45) is 7.11. The average Bonchev–Trinajstić information content (AvgIpc) is 2.67. The Kier molecular flexibility index (Phi) is 2.68. The average molecular weight is 196 g/mol. The van der Waals surface area contributed by atoms with E-state index in [1.54, 1.807) is 0 Å². The van der Waals surface area contributed by atoms with Crippen LogP contribution in [0.15, 0.2) is 0 Å². The molecule has 1 heterocycles. The van der Waals surface area contributed by atoms with E-state index in [1.807, 2.05) is 0 Å². The van der Waals surface area contributed by atoms with Crippen molar-refractivity contribution in [3.63, 3.8) is 0 Å². The van der Waals surface area contributed by atoms with Crippen LogP contribution in [-0.2, 0) is 0 Å². The largest absolute Gasteiger partial charge is 0.296 e. The summed E-state index contributed by atoms with van der Waals surface area (Å²) in [6.45, 7) is 0. The molecule has 1 fully saturated rings. The Morgan fingerprint density at radius 3 is 2.77 bits per heavy atom. The van der Waals surface area contributed by atoms with E-state index in [1.165, 1.54) is 43.6 Å². The molecule has 0 radical (unpaired) electrons. The minimum atomic E-state index is 0.550. The molecule has 1 aliphatic rings. The summed E-state index contributed by atoms with van der Waals surface area (Å²) in [7, 11) is 0. The zero-order valence-corrected chi connectivity index (χ0v) is 8.22. The number of carbonyl (C=O) groups excluding carboxylic acids is 1. The first-order valence-electron chi connectivity index (χ1n) is 4.69. The monoisotopic (exact) mass is 196 g/mol. The van der Waals surface area contributed by atoms with Gasteiger partial charge in [-0.3, -0.25) is 4.79 Å². The van der Waals surface area contributed by atoms with E-state index in [4.69, 9.17) is 0 Å². The van der Waals surface area contributed by atoms with Gasteiger partial charge in [-0.25, -0.2) is 0 Å². The maximum atomic E-state index is 10.6. The van der Waals surface area contributed by atoms with Crippen LogP contribution in [0.4, 0.5) is 0 Å². The molecular formula is C9H12N2OS. The van der Waals surface area contributed by atoms with Gasteiger partial charge >= 0.3 is 0 Å². The molecule has 0 spiro atoms. The van der Waals surface area contributed by atoms with E-state index in [0.717, 1.165) is 11.2 Å². The standard InChI is InChI=1S/C9H12N2OS/c12-6-8-9(13-11-10-8)7-4-2-1-3-5-7/h6-7H,1-5H2. The van der Waals surface area contributed by atoms with Crippen LogP contribution in [0.3, 0.4) is 0 Å². The van der Waals surface area contributed by atoms with E-state index >= 15 is 0 Å². The lowest BCUT2D eigenvalue weighted by atomic mass is 9.88. The number of hydrogen-bond donors (Lipinski definition) is 0. The maximum absolute atomic E-state index is 10.6. The lowest BCUT2D eigenvalue weighted by Gasteiger charge is -2.19. The molecule has 2 rings (SSSR count). The third-order valence-corrected chi connectivity index (χ3v) is 3.53. The lowest BCUT2D eigenvalue weighted by Crippen LogP contribution is -2.04. The van der Waals surface area contributed by atoms with Crippen LogP contribution in [0.1, 0.15) is 53.4 Å². The van der Waals surface area contributed by atoms with Crippen LogP contribution in [0.25, 0.3) is 0 Å². The second-order valence-electron chi connectivity index (χ2n) is 3.48. The van der Waals surface area contributed by atoms with Gasteiger partial charge in [0.05, 0.1) is 4.88 Å². The van der Waals surface area contributed by atoms with Crippen LogP contribution in [-0.4, -0.2) is 15.9 Å². The summed E-state index contributed by atoms with van der Waals surface area (Å²) >= 11 is 1.39. The van der Waals surface area contributed by atoms with Crippen LogP contribution in [0.5, 0.6) is 0 Å². The van der Waals surface area contributed by atoms with Crippen LogP contribution in [0, 0.1) is 0 Å². The van der Waals surface area contributed by atoms with Crippen molar-refractivity contribution in [2.75, 3.05) is 0 Å². The molecule has 0 bridgehead atoms. The smallest absolute Gasteiger partial charge is 0.171 e. The molecule has 3 nitrogen and oxygen atoms in total. The van der Waals surface area contributed by atoms with Crippen molar-refractivity contribution in [1.82, 2.24) is 9.59 Å². The molecule has 0 N–H and O–H groups in total. The molecule has 0 atom stereocenters. The van der Waals surface area contributed by atoms with Crippen molar-refractivity contribution in [2.45, 2.75) is 38.0 Å². The Bertz CT molecular complexity index is 292. The fourth-order valence-electron chi connectivity index (χ4n) is 1.93. The van der Waals surface area contributed by atoms with Gasteiger partial charge in [0, 0.05) is 0 Å². The molecule has 0 aromatic carbocycles. The Labute approximate surface area is 81.3 Å². The summed E-state index contributed by atoms with van der Waals surface area (Å²) < 4.78 is 3.83. The molecule has 1 aromatic heterocycles. The molecule has 0 saturated heterocycles. The topological polar surface area (TPSA) is 42.9 Å². The predicted octanol–water partition coefficient (Wildman–Crippen LogP) is 2.40. The van der Waals surface area contributed by atoms with Gasteiger partial charge in [-0.05, 0) is 30.3 Å². The van der Waals surface area contributed by atoms with Gasteiger partial charge in [0.15, 0.2) is 6.29 Å². The molecule has 70 valence electrons. The third-order valence-electron chi connectivity index (χ3n) is 2.63. The van der Waals surface area contributed by atoms with Crippen LogP contribution in [0.2, 0.25) is 0 Å². The summed E-state index contributed by atoms with van der Waals surface area (Å²) in [5.74, 6) is 0.550. The minimum Gasteiger partial charge on any atom is -0.296 e. The summed E-state index contributed by atoms with van der Waals surface area (Å²) in [5.41, 5.74) is 0.567. The van der Waals surface area contributed by atoms with Crippen molar-refractivity contribution >= 4 is 17.8 Å². The van der Waals surface area contributed by atoms with Gasteiger partial charge in [0.2, 0.25) is 0 Å². The van der Waals surface area contributed by atoms with Crippen LogP contribution >= 0.6 is 11.5 Å². The Balaban J connectivity index is 2.17. The molecule has 1 saturated carbocycles. The van der Waals surface area contributed by atoms with Gasteiger partial charge < -0.3 is 0 Å². The Morgan fingerprint density at radius 2 is 2.08 bits per heavy atom. The van der Waals surface area contributed by atoms with Gasteiger partial charge in [-0.2, -0.15) is 0 Å². The summed E-state index contributed by atoms with van der Waals surface area (Å²) in [5, 5.41) is 3.81. The predicted molar refractivity (Wildman–Crippen MR) is 51.1 cm³/mol. The number of rotatable bonds is 2. The second-order valence-corrected chi connectivity index (χ2v) is 4.26. The highest BCUT2D eigenvalue weighted by Crippen LogP contribution is 2.35. The van der Waals surface area contributed by atoms with Crippen molar-refractivity contribution in [1.29, 1.82) is 0 Å². The molecule has 1 aliphatic carbocycles. The summed E-state index contributed by atoms with van der Waals surface area (Å²) in [6, 6.07) is 0. The molecule has 0 unspecified atom stereocenters. The quantitative estimate of drug-likeness (QED) is 0.682. The SMILES string of the molecule is O=Cc1nnsc1C1CCCCC1. The zero-order valence-electron chi connectivity index (χ0n) is 7.40. The maximum Gasteiger partial charge on any atom is 0.171 e. The Hall–Kier alpha value is -0.770. The van der Waals surface area contributed by atoms with E-state index in [2.05, 4.69) is 9.59 Å². The molecule has 0 amide bonds. The van der Waals surface area contributed by atoms with Gasteiger partial charge in [0.25, 0.3) is 0 Å². The molecule has 1 aromatic rings. The molecule has 4 heteroatoms. The fraction of sp³-hybridized carbons (Fsp3) is 0.667. The highest BCUT2D eigenvalue weighted by Gasteiger charge is 2.20. The van der Waals surface area contributed by atoms with Crippen molar-refractivity contribution in [3.8, 4) is 0 Å². The van der Waals surface area contributed by atoms with E-state index < -0.39 is 0 Å². The fourth-order valence-corrected chi connectivity index (χ4v) is 2.72. The highest BCUT2D eigenvalue weighted by molar-refractivity contribution is 7.05. The number of aromatic nitrogens is 2. The van der Waals surface area contributed by atoms with Crippen molar-refractivity contribution in [3.05, 3.63) is 10.6 Å². The molecular weight excluding hydrogens is 184 g/mol. The second kappa shape index (κ2) is 3.96. The zero-order chi connectivity index (χ0) is 9.10. The number of nitrogens with zero attached hydrogens (tertiary/aromatic N) is 2. The van der Waals surface area contributed by atoms with Crippen LogP contribution < -0.4 is 0 Å². The lowest BCUT2D eigenvalue weighted by molar-refractivity contribution is 0.111. The minimum absolute atomic E-state index is 0.550. The van der Waals surface area contributed by atoms with Crippen molar-refractivity contribution in [2.24, 2.45) is 0 Å². The Morgan fingerprint density at radius 1 is 1.31 bits per heavy atom. The third kappa shape index (κ3) is 1.77. The van der Waals surface area contributed by atoms with Gasteiger partial charge in [0.1, 0.15) is 5.69 Å². The molecule has 13 heavy (non-hydrogen) atoms. The molecule has 0 aliphatic heterocycles. The first kappa shape index (κ1) is 8.81. The van der Waals surface area contributed by atoms with Gasteiger partial charge in [-0.1, -0.05) is 23.8 Å². The number of carbonyl (C=O) groups is 1. The van der Waals surface area contributed by atoms with E-state index in [9.17, 15) is 4.79 Å². The van der Waals surface area contributed by atoms with Crippen molar-refractivity contribution < 1.29 is 4.79 Å². The van der Waals surface area contributed by atoms with E-state index in [-0.39, 0.29) is 0 Å². The van der Waals surface area contributed by atoms with Gasteiger partial charge in [-0.15, -0.1) is 5.10 Å². The number of aldehydes is 1. The first-order valence-corrected chi connectivity index (χ1v) is 5.46. The normalized spacial score (nSPS) is 18.8.